The Labute approximate surface area is 84.7 Å². The molecule has 0 aliphatic carbocycles. The Kier molecular flexibility index (Phi) is 2.19. The average molecular weight is 238 g/mol. The van der Waals surface area contributed by atoms with Gasteiger partial charge < -0.3 is 4.52 Å². The van der Waals surface area contributed by atoms with Crippen LogP contribution in [0.5, 0.6) is 0 Å². The summed E-state index contributed by atoms with van der Waals surface area (Å²) < 4.78 is 6.13. The molecule has 0 saturated heterocycles. The summed E-state index contributed by atoms with van der Waals surface area (Å²) in [5.74, 6) is 0.792. The zero-order valence-corrected chi connectivity index (χ0v) is 8.71. The monoisotopic (exact) mass is 237 g/mol. The van der Waals surface area contributed by atoms with Crippen molar-refractivity contribution in [2.45, 2.75) is 6.92 Å². The predicted molar refractivity (Wildman–Crippen MR) is 54.4 cm³/mol. The van der Waals surface area contributed by atoms with E-state index in [2.05, 4.69) is 21.1 Å². The zero-order valence-electron chi connectivity index (χ0n) is 7.12. The van der Waals surface area contributed by atoms with Crippen molar-refractivity contribution in [2.75, 3.05) is 0 Å². The summed E-state index contributed by atoms with van der Waals surface area (Å²) in [5.41, 5.74) is 2.25. The van der Waals surface area contributed by atoms with Crippen LogP contribution in [0.1, 0.15) is 5.56 Å². The van der Waals surface area contributed by atoms with Crippen molar-refractivity contribution in [3.05, 3.63) is 40.5 Å². The lowest BCUT2D eigenvalue weighted by atomic mass is 10.1. The number of nitrogens with zero attached hydrogens (tertiary/aromatic N) is 1. The molecular formula is C10H8BrNO. The summed E-state index contributed by atoms with van der Waals surface area (Å²) in [5, 5.41) is 3.66. The molecule has 0 radical (unpaired) electrons. The number of hydrogen-bond acceptors (Lipinski definition) is 2. The van der Waals surface area contributed by atoms with Gasteiger partial charge in [-0.05, 0) is 18.6 Å². The van der Waals surface area contributed by atoms with Crippen LogP contribution in [-0.2, 0) is 0 Å². The largest absolute Gasteiger partial charge is 0.356 e. The summed E-state index contributed by atoms with van der Waals surface area (Å²) in [6.07, 6.45) is 1.64. The first-order valence-corrected chi connectivity index (χ1v) is 4.74. The Bertz CT molecular complexity index is 409. The standard InChI is InChI=1S/C10H8BrNO/c1-7-2-3-8(6-9(7)11)10-4-5-12-13-10/h2-6H,1H3. The van der Waals surface area contributed by atoms with Crippen LogP contribution in [0.25, 0.3) is 11.3 Å². The molecule has 0 unspecified atom stereocenters. The van der Waals surface area contributed by atoms with Crippen molar-refractivity contribution in [3.63, 3.8) is 0 Å². The van der Waals surface area contributed by atoms with Gasteiger partial charge in [0.05, 0.1) is 6.20 Å². The Hall–Kier alpha value is -1.09. The van der Waals surface area contributed by atoms with Crippen molar-refractivity contribution in [1.82, 2.24) is 5.16 Å². The van der Waals surface area contributed by atoms with E-state index in [9.17, 15) is 0 Å². The molecule has 0 aliphatic rings. The highest BCUT2D eigenvalue weighted by molar-refractivity contribution is 9.10. The second-order valence-corrected chi connectivity index (χ2v) is 3.69. The molecule has 2 aromatic rings. The lowest BCUT2D eigenvalue weighted by Gasteiger charge is -1.99. The summed E-state index contributed by atoms with van der Waals surface area (Å²) in [7, 11) is 0. The summed E-state index contributed by atoms with van der Waals surface area (Å²) in [4.78, 5) is 0. The Morgan fingerprint density at radius 2 is 2.15 bits per heavy atom. The molecule has 66 valence electrons. The SMILES string of the molecule is Cc1ccc(-c2ccno2)cc1Br. The lowest BCUT2D eigenvalue weighted by Crippen LogP contribution is -1.78. The molecule has 2 rings (SSSR count). The minimum absolute atomic E-state index is 0.792. The first-order chi connectivity index (χ1) is 6.27. The third-order valence-electron chi connectivity index (χ3n) is 1.89. The van der Waals surface area contributed by atoms with E-state index in [0.717, 1.165) is 15.8 Å². The van der Waals surface area contributed by atoms with Crippen molar-refractivity contribution >= 4 is 15.9 Å². The Balaban J connectivity index is 2.49. The number of rotatable bonds is 1. The van der Waals surface area contributed by atoms with E-state index in [1.807, 2.05) is 31.2 Å². The van der Waals surface area contributed by atoms with Crippen molar-refractivity contribution in [2.24, 2.45) is 0 Å². The van der Waals surface area contributed by atoms with Crippen LogP contribution in [0, 0.1) is 6.92 Å². The topological polar surface area (TPSA) is 26.0 Å². The first kappa shape index (κ1) is 8.51. The van der Waals surface area contributed by atoms with E-state index in [1.165, 1.54) is 5.56 Å². The highest BCUT2D eigenvalue weighted by atomic mass is 79.9. The molecule has 0 amide bonds. The van der Waals surface area contributed by atoms with Crippen LogP contribution in [0.15, 0.2) is 39.5 Å². The molecule has 0 N–H and O–H groups in total. The smallest absolute Gasteiger partial charge is 0.166 e. The quantitative estimate of drug-likeness (QED) is 0.760. The third-order valence-corrected chi connectivity index (χ3v) is 2.75. The van der Waals surface area contributed by atoms with Gasteiger partial charge in [-0.2, -0.15) is 0 Å². The van der Waals surface area contributed by atoms with Crippen LogP contribution >= 0.6 is 15.9 Å². The molecular weight excluding hydrogens is 230 g/mol. The van der Waals surface area contributed by atoms with E-state index >= 15 is 0 Å². The molecule has 0 bridgehead atoms. The number of benzene rings is 1. The Morgan fingerprint density at radius 3 is 2.77 bits per heavy atom. The van der Waals surface area contributed by atoms with Gasteiger partial charge in [-0.15, -0.1) is 0 Å². The van der Waals surface area contributed by atoms with Gasteiger partial charge in [0.25, 0.3) is 0 Å². The second-order valence-electron chi connectivity index (χ2n) is 2.84. The Morgan fingerprint density at radius 1 is 1.31 bits per heavy atom. The van der Waals surface area contributed by atoms with Gasteiger partial charge in [0, 0.05) is 16.1 Å². The molecule has 1 heterocycles. The van der Waals surface area contributed by atoms with Gasteiger partial charge in [0.1, 0.15) is 0 Å². The van der Waals surface area contributed by atoms with E-state index in [0.29, 0.717) is 0 Å². The molecule has 0 atom stereocenters. The number of aryl methyl sites for hydroxylation is 1. The lowest BCUT2D eigenvalue weighted by molar-refractivity contribution is 0.432. The van der Waals surface area contributed by atoms with Crippen molar-refractivity contribution in [3.8, 4) is 11.3 Å². The molecule has 1 aromatic carbocycles. The number of hydrogen-bond donors (Lipinski definition) is 0. The highest BCUT2D eigenvalue weighted by Gasteiger charge is 2.02. The van der Waals surface area contributed by atoms with E-state index in [-0.39, 0.29) is 0 Å². The third kappa shape index (κ3) is 1.65. The molecule has 0 fully saturated rings. The van der Waals surface area contributed by atoms with Crippen molar-refractivity contribution < 1.29 is 4.52 Å². The van der Waals surface area contributed by atoms with Gasteiger partial charge in [0.2, 0.25) is 0 Å². The van der Waals surface area contributed by atoms with E-state index in [1.54, 1.807) is 6.20 Å². The van der Waals surface area contributed by atoms with Gasteiger partial charge in [-0.1, -0.05) is 33.2 Å². The minimum atomic E-state index is 0.792. The number of aromatic nitrogens is 1. The van der Waals surface area contributed by atoms with Crippen LogP contribution in [0.4, 0.5) is 0 Å². The van der Waals surface area contributed by atoms with Crippen molar-refractivity contribution in [1.29, 1.82) is 0 Å². The van der Waals surface area contributed by atoms with Crippen LogP contribution < -0.4 is 0 Å². The molecule has 2 nitrogen and oxygen atoms in total. The van der Waals surface area contributed by atoms with Crippen LogP contribution in [-0.4, -0.2) is 5.16 Å². The second kappa shape index (κ2) is 3.34. The fraction of sp³-hybridized carbons (Fsp3) is 0.100. The average Bonchev–Trinajstić information content (AvgIpc) is 2.62. The van der Waals surface area contributed by atoms with Gasteiger partial charge in [-0.25, -0.2) is 0 Å². The zero-order chi connectivity index (χ0) is 9.26. The van der Waals surface area contributed by atoms with Gasteiger partial charge >= 0.3 is 0 Å². The van der Waals surface area contributed by atoms with Crippen LogP contribution in [0.2, 0.25) is 0 Å². The van der Waals surface area contributed by atoms with Gasteiger partial charge in [-0.3, -0.25) is 0 Å². The predicted octanol–water partition coefficient (Wildman–Crippen LogP) is 3.41. The fourth-order valence-electron chi connectivity index (χ4n) is 1.11. The molecule has 13 heavy (non-hydrogen) atoms. The maximum absolute atomic E-state index is 5.04. The van der Waals surface area contributed by atoms with Gasteiger partial charge in [0.15, 0.2) is 5.76 Å². The highest BCUT2D eigenvalue weighted by Crippen LogP contribution is 2.24. The molecule has 0 spiro atoms. The molecule has 0 aliphatic heterocycles. The normalized spacial score (nSPS) is 10.3. The van der Waals surface area contributed by atoms with E-state index < -0.39 is 0 Å². The maximum atomic E-state index is 5.04. The summed E-state index contributed by atoms with van der Waals surface area (Å²) in [6, 6.07) is 7.93. The first-order valence-electron chi connectivity index (χ1n) is 3.94. The molecule has 0 saturated carbocycles. The summed E-state index contributed by atoms with van der Waals surface area (Å²) >= 11 is 3.47. The molecule has 1 aromatic heterocycles. The molecule has 3 heteroatoms. The number of halogens is 1. The summed E-state index contributed by atoms with van der Waals surface area (Å²) in [6.45, 7) is 2.05. The van der Waals surface area contributed by atoms with E-state index in [4.69, 9.17) is 4.52 Å². The maximum Gasteiger partial charge on any atom is 0.166 e. The minimum Gasteiger partial charge on any atom is -0.356 e. The van der Waals surface area contributed by atoms with Crippen LogP contribution in [0.3, 0.4) is 0 Å². The fourth-order valence-corrected chi connectivity index (χ4v) is 1.49.